The smallest absolute Gasteiger partial charge is 0.344 e. The minimum Gasteiger partial charge on any atom is -0.455 e. The quantitative estimate of drug-likeness (QED) is 0.667. The van der Waals surface area contributed by atoms with Crippen molar-refractivity contribution < 1.29 is 14.1 Å². The Bertz CT molecular complexity index is 811. The lowest BCUT2D eigenvalue weighted by Crippen LogP contribution is -2.08. The molecule has 0 aliphatic carbocycles. The van der Waals surface area contributed by atoms with Crippen LogP contribution in [-0.4, -0.2) is 21.1 Å². The first-order chi connectivity index (χ1) is 11.2. The average molecular weight is 329 g/mol. The van der Waals surface area contributed by atoms with Crippen molar-refractivity contribution in [1.29, 1.82) is 0 Å². The summed E-state index contributed by atoms with van der Waals surface area (Å²) in [4.78, 5) is 20.9. The molecule has 0 unspecified atom stereocenters. The Morgan fingerprint density at radius 3 is 3.00 bits per heavy atom. The van der Waals surface area contributed by atoms with E-state index in [-0.39, 0.29) is 6.61 Å². The molecule has 0 spiro atoms. The standard InChI is InChI=1S/C16H15N3O3S/c1-3-12-14(10(2)22-19-12)16(20)21-8-11-9-23-15(18-11)13-6-4-5-7-17-13/h4-7,9H,3,8H2,1-2H3. The molecule has 0 amide bonds. The van der Waals surface area contributed by atoms with Crippen molar-refractivity contribution in [1.82, 2.24) is 15.1 Å². The van der Waals surface area contributed by atoms with E-state index in [9.17, 15) is 4.79 Å². The van der Waals surface area contributed by atoms with E-state index >= 15 is 0 Å². The van der Waals surface area contributed by atoms with Gasteiger partial charge in [0, 0.05) is 11.6 Å². The van der Waals surface area contributed by atoms with Crippen LogP contribution >= 0.6 is 11.3 Å². The molecule has 0 atom stereocenters. The van der Waals surface area contributed by atoms with Crippen LogP contribution in [0.1, 0.15) is 34.4 Å². The maximum Gasteiger partial charge on any atom is 0.344 e. The summed E-state index contributed by atoms with van der Waals surface area (Å²) in [6.07, 6.45) is 2.33. The van der Waals surface area contributed by atoms with Crippen LogP contribution in [0.15, 0.2) is 34.3 Å². The number of hydrogen-bond donors (Lipinski definition) is 0. The zero-order valence-electron chi connectivity index (χ0n) is 12.8. The third-order valence-corrected chi connectivity index (χ3v) is 4.17. The van der Waals surface area contributed by atoms with Crippen LogP contribution in [-0.2, 0) is 17.8 Å². The van der Waals surface area contributed by atoms with Gasteiger partial charge in [-0.1, -0.05) is 18.1 Å². The molecule has 0 fully saturated rings. The van der Waals surface area contributed by atoms with E-state index < -0.39 is 5.97 Å². The Morgan fingerprint density at radius 2 is 2.26 bits per heavy atom. The van der Waals surface area contributed by atoms with E-state index in [1.54, 1.807) is 13.1 Å². The molecule has 0 saturated carbocycles. The van der Waals surface area contributed by atoms with Gasteiger partial charge in [-0.15, -0.1) is 11.3 Å². The molecule has 0 N–H and O–H groups in total. The van der Waals surface area contributed by atoms with Crippen LogP contribution in [0.2, 0.25) is 0 Å². The fourth-order valence-electron chi connectivity index (χ4n) is 2.11. The molecule has 3 aromatic rings. The maximum atomic E-state index is 12.2. The van der Waals surface area contributed by atoms with Crippen molar-refractivity contribution in [3.05, 3.63) is 52.5 Å². The first kappa shape index (κ1) is 15.4. The van der Waals surface area contributed by atoms with E-state index in [0.717, 1.165) is 10.7 Å². The highest BCUT2D eigenvalue weighted by Crippen LogP contribution is 2.22. The monoisotopic (exact) mass is 329 g/mol. The summed E-state index contributed by atoms with van der Waals surface area (Å²) >= 11 is 1.47. The van der Waals surface area contributed by atoms with Gasteiger partial charge in [0.15, 0.2) is 0 Å². The second-order valence-electron chi connectivity index (χ2n) is 4.85. The fraction of sp³-hybridized carbons (Fsp3) is 0.250. The second kappa shape index (κ2) is 6.70. The van der Waals surface area contributed by atoms with Gasteiger partial charge in [-0.2, -0.15) is 0 Å². The Morgan fingerprint density at radius 1 is 1.39 bits per heavy atom. The average Bonchev–Trinajstić information content (AvgIpc) is 3.20. The molecular weight excluding hydrogens is 314 g/mol. The maximum absolute atomic E-state index is 12.2. The van der Waals surface area contributed by atoms with Crippen LogP contribution in [0.25, 0.3) is 10.7 Å². The molecule has 0 aliphatic heterocycles. The van der Waals surface area contributed by atoms with Gasteiger partial charge >= 0.3 is 5.97 Å². The highest BCUT2D eigenvalue weighted by molar-refractivity contribution is 7.13. The Hall–Kier alpha value is -2.54. The number of nitrogens with zero attached hydrogens (tertiary/aromatic N) is 3. The number of carbonyl (C=O) groups excluding carboxylic acids is 1. The number of aromatic nitrogens is 3. The van der Waals surface area contributed by atoms with E-state index in [2.05, 4.69) is 15.1 Å². The van der Waals surface area contributed by atoms with Crippen molar-refractivity contribution >= 4 is 17.3 Å². The molecule has 6 nitrogen and oxygen atoms in total. The zero-order valence-corrected chi connectivity index (χ0v) is 13.6. The number of esters is 1. The number of pyridine rings is 1. The first-order valence-corrected chi connectivity index (χ1v) is 8.05. The van der Waals surface area contributed by atoms with Crippen LogP contribution < -0.4 is 0 Å². The fourth-order valence-corrected chi connectivity index (χ4v) is 2.89. The highest BCUT2D eigenvalue weighted by atomic mass is 32.1. The van der Waals surface area contributed by atoms with Crippen molar-refractivity contribution in [2.75, 3.05) is 0 Å². The molecule has 3 rings (SSSR count). The summed E-state index contributed by atoms with van der Waals surface area (Å²) in [7, 11) is 0. The Balaban J connectivity index is 1.68. The first-order valence-electron chi connectivity index (χ1n) is 7.17. The van der Waals surface area contributed by atoms with Gasteiger partial charge in [-0.05, 0) is 25.5 Å². The molecule has 0 saturated heterocycles. The number of ether oxygens (including phenoxy) is 1. The molecule has 23 heavy (non-hydrogen) atoms. The number of aryl methyl sites for hydroxylation is 2. The topological polar surface area (TPSA) is 78.1 Å². The van der Waals surface area contributed by atoms with Gasteiger partial charge in [-0.25, -0.2) is 9.78 Å². The summed E-state index contributed by atoms with van der Waals surface area (Å²) in [5.74, 6) is 0.0345. The van der Waals surface area contributed by atoms with Gasteiger partial charge in [0.2, 0.25) is 0 Å². The van der Waals surface area contributed by atoms with Gasteiger partial charge in [0.05, 0.1) is 17.1 Å². The molecule has 3 heterocycles. The van der Waals surface area contributed by atoms with Gasteiger partial charge < -0.3 is 9.26 Å². The van der Waals surface area contributed by atoms with E-state index in [1.165, 1.54) is 11.3 Å². The minimum absolute atomic E-state index is 0.107. The summed E-state index contributed by atoms with van der Waals surface area (Å²) in [6.45, 7) is 3.72. The van der Waals surface area contributed by atoms with Crippen molar-refractivity contribution in [2.45, 2.75) is 26.9 Å². The van der Waals surface area contributed by atoms with Gasteiger partial charge in [0.25, 0.3) is 0 Å². The number of rotatable bonds is 5. The number of thiazole rings is 1. The zero-order chi connectivity index (χ0) is 16.2. The minimum atomic E-state index is -0.437. The SMILES string of the molecule is CCc1noc(C)c1C(=O)OCc1csc(-c2ccccn2)n1. The van der Waals surface area contributed by atoms with Crippen LogP contribution in [0.4, 0.5) is 0 Å². The van der Waals surface area contributed by atoms with Crippen molar-refractivity contribution in [3.63, 3.8) is 0 Å². The summed E-state index contributed by atoms with van der Waals surface area (Å²) < 4.78 is 10.4. The largest absolute Gasteiger partial charge is 0.455 e. The summed E-state index contributed by atoms with van der Waals surface area (Å²) in [6, 6.07) is 5.65. The molecule has 0 bridgehead atoms. The van der Waals surface area contributed by atoms with Crippen LogP contribution in [0, 0.1) is 6.92 Å². The van der Waals surface area contributed by atoms with Crippen molar-refractivity contribution in [3.8, 4) is 10.7 Å². The van der Waals surface area contributed by atoms with E-state index in [0.29, 0.717) is 29.1 Å². The third-order valence-electron chi connectivity index (χ3n) is 3.26. The lowest BCUT2D eigenvalue weighted by atomic mass is 10.1. The molecule has 0 aromatic carbocycles. The van der Waals surface area contributed by atoms with Crippen LogP contribution in [0.3, 0.4) is 0 Å². The molecule has 0 aliphatic rings. The highest BCUT2D eigenvalue weighted by Gasteiger charge is 2.21. The van der Waals surface area contributed by atoms with Gasteiger partial charge in [0.1, 0.15) is 22.9 Å². The number of hydrogen-bond acceptors (Lipinski definition) is 7. The molecule has 3 aromatic heterocycles. The predicted octanol–water partition coefficient (Wildman–Crippen LogP) is 3.42. The Kier molecular flexibility index (Phi) is 4.47. The van der Waals surface area contributed by atoms with Gasteiger partial charge in [-0.3, -0.25) is 4.98 Å². The van der Waals surface area contributed by atoms with E-state index in [1.807, 2.05) is 30.5 Å². The van der Waals surface area contributed by atoms with Crippen molar-refractivity contribution in [2.24, 2.45) is 0 Å². The molecular formula is C16H15N3O3S. The van der Waals surface area contributed by atoms with Crippen LogP contribution in [0.5, 0.6) is 0 Å². The third kappa shape index (κ3) is 3.29. The predicted molar refractivity (Wildman–Crippen MR) is 85.1 cm³/mol. The number of carbonyl (C=O) groups is 1. The molecule has 0 radical (unpaired) electrons. The summed E-state index contributed by atoms with van der Waals surface area (Å²) in [5.41, 5.74) is 2.52. The lowest BCUT2D eigenvalue weighted by molar-refractivity contribution is 0.0465. The molecule has 118 valence electrons. The lowest BCUT2D eigenvalue weighted by Gasteiger charge is -2.02. The normalized spacial score (nSPS) is 10.7. The Labute approximate surface area is 137 Å². The molecule has 7 heteroatoms. The second-order valence-corrected chi connectivity index (χ2v) is 5.71. The summed E-state index contributed by atoms with van der Waals surface area (Å²) in [5, 5.41) is 6.51. The van der Waals surface area contributed by atoms with E-state index in [4.69, 9.17) is 9.26 Å².